The second-order valence-electron chi connectivity index (χ2n) is 2.16. The lowest BCUT2D eigenvalue weighted by Gasteiger charge is -2.05. The van der Waals surface area contributed by atoms with Crippen molar-refractivity contribution in [3.63, 3.8) is 0 Å². The first kappa shape index (κ1) is 12.8. The van der Waals surface area contributed by atoms with Gasteiger partial charge in [-0.15, -0.1) is 0 Å². The second-order valence-corrected chi connectivity index (χ2v) is 4.10. The molecule has 13 heavy (non-hydrogen) atoms. The smallest absolute Gasteiger partial charge is 0.321 e. The summed E-state index contributed by atoms with van der Waals surface area (Å²) in [6.07, 6.45) is 0. The summed E-state index contributed by atoms with van der Waals surface area (Å²) < 4.78 is 20.6. The highest BCUT2D eigenvalue weighted by Gasteiger charge is 2.10. The van der Waals surface area contributed by atoms with Gasteiger partial charge in [0.2, 0.25) is 11.3 Å². The van der Waals surface area contributed by atoms with Crippen molar-refractivity contribution in [3.8, 4) is 0 Å². The Bertz CT molecular complexity index is 189. The van der Waals surface area contributed by atoms with Crippen LogP contribution in [0.3, 0.4) is 0 Å². The summed E-state index contributed by atoms with van der Waals surface area (Å²) in [5.41, 5.74) is 5.21. The minimum Gasteiger partial charge on any atom is -0.480 e. The zero-order valence-electron chi connectivity index (χ0n) is 6.80. The molecule has 78 valence electrons. The number of aliphatic carboxylic acids is 1. The summed E-state index contributed by atoms with van der Waals surface area (Å²) in [5.74, 6) is -0.186. The zero-order valence-corrected chi connectivity index (χ0v) is 8.44. The minimum atomic E-state index is -2.00. The fraction of sp³-hybridized carbons (Fsp3) is 0.800. The van der Waals surface area contributed by atoms with Crippen molar-refractivity contribution in [1.82, 2.24) is 4.72 Å². The summed E-state index contributed by atoms with van der Waals surface area (Å²) in [4.78, 5) is 10.2. The van der Waals surface area contributed by atoms with E-state index in [9.17, 15) is 9.00 Å². The molecule has 0 bridgehead atoms. The predicted octanol–water partition coefficient (Wildman–Crippen LogP) is -1.14. The Morgan fingerprint density at radius 1 is 1.69 bits per heavy atom. The molecule has 0 aromatic heterocycles. The van der Waals surface area contributed by atoms with Gasteiger partial charge in [-0.2, -0.15) is 11.8 Å². The van der Waals surface area contributed by atoms with Crippen molar-refractivity contribution >= 4 is 29.0 Å². The molecule has 0 saturated heterocycles. The zero-order chi connectivity index (χ0) is 10.3. The van der Waals surface area contributed by atoms with E-state index in [0.717, 1.165) is 0 Å². The number of carboxylic acids is 1. The molecule has 0 saturated carbocycles. The fourth-order valence-corrected chi connectivity index (χ4v) is 1.70. The first-order chi connectivity index (χ1) is 6.04. The molecule has 0 amide bonds. The Kier molecular flexibility index (Phi) is 7.19. The van der Waals surface area contributed by atoms with Gasteiger partial charge >= 0.3 is 5.97 Å². The van der Waals surface area contributed by atoms with Crippen molar-refractivity contribution in [1.29, 1.82) is 0 Å². The van der Waals surface area contributed by atoms with Crippen LogP contribution in [0, 0.1) is 0 Å². The largest absolute Gasteiger partial charge is 0.480 e. The number of rotatable bonds is 7. The number of carbonyl (C=O) groups is 1. The third-order valence-electron chi connectivity index (χ3n) is 1.09. The van der Waals surface area contributed by atoms with Crippen LogP contribution in [0.2, 0.25) is 0 Å². The highest BCUT2D eigenvalue weighted by molar-refractivity contribution is 7.99. The second kappa shape index (κ2) is 7.27. The Morgan fingerprint density at radius 3 is 2.77 bits per heavy atom. The Labute approximate surface area is 82.7 Å². The van der Waals surface area contributed by atoms with E-state index >= 15 is 0 Å². The fourth-order valence-electron chi connectivity index (χ4n) is 0.483. The van der Waals surface area contributed by atoms with Crippen LogP contribution < -0.4 is 10.5 Å². The van der Waals surface area contributed by atoms with Crippen LogP contribution >= 0.6 is 11.8 Å². The topological polar surface area (TPSA) is 113 Å². The van der Waals surface area contributed by atoms with Crippen molar-refractivity contribution < 1.29 is 18.7 Å². The first-order valence-electron chi connectivity index (χ1n) is 3.44. The molecule has 0 fully saturated rings. The van der Waals surface area contributed by atoms with Crippen molar-refractivity contribution in [2.45, 2.75) is 6.04 Å². The molecular weight excluding hydrogens is 216 g/mol. The summed E-state index contributed by atoms with van der Waals surface area (Å²) in [6.45, 7) is 0.347. The van der Waals surface area contributed by atoms with E-state index in [1.165, 1.54) is 11.8 Å². The summed E-state index contributed by atoms with van der Waals surface area (Å²) in [6, 6.07) is -0.871. The van der Waals surface area contributed by atoms with Gasteiger partial charge in [0, 0.05) is 18.1 Å². The summed E-state index contributed by atoms with van der Waals surface area (Å²) in [5, 5.41) is 8.38. The van der Waals surface area contributed by atoms with Crippen LogP contribution in [0.15, 0.2) is 0 Å². The number of carboxylic acid groups (broad SMARTS) is 1. The monoisotopic (exact) mass is 228 g/mol. The Hall–Kier alpha value is -0.150. The van der Waals surface area contributed by atoms with Crippen LogP contribution in [0.4, 0.5) is 0 Å². The quantitative estimate of drug-likeness (QED) is 0.323. The first-order valence-corrected chi connectivity index (χ1v) is 5.70. The van der Waals surface area contributed by atoms with Crippen LogP contribution in [-0.4, -0.2) is 43.9 Å². The summed E-state index contributed by atoms with van der Waals surface area (Å²) in [7, 11) is 0. The molecule has 0 aliphatic rings. The van der Waals surface area contributed by atoms with Gasteiger partial charge in [-0.25, -0.2) is 8.93 Å². The van der Waals surface area contributed by atoms with Crippen molar-refractivity contribution in [2.24, 2.45) is 5.73 Å². The van der Waals surface area contributed by atoms with Gasteiger partial charge < -0.3 is 10.8 Å². The van der Waals surface area contributed by atoms with Gasteiger partial charge in [0.15, 0.2) is 0 Å². The molecule has 6 nitrogen and oxygen atoms in total. The van der Waals surface area contributed by atoms with Crippen LogP contribution in [0.5, 0.6) is 0 Å². The van der Waals surface area contributed by atoms with Gasteiger partial charge in [-0.1, -0.05) is 0 Å². The van der Waals surface area contributed by atoms with E-state index < -0.39 is 23.3 Å². The van der Waals surface area contributed by atoms with Crippen LogP contribution in [-0.2, 0) is 16.1 Å². The van der Waals surface area contributed by atoms with E-state index in [0.29, 0.717) is 18.1 Å². The number of hydrogen-bond acceptors (Lipinski definition) is 4. The molecule has 0 aromatic carbocycles. The third-order valence-corrected chi connectivity index (χ3v) is 2.63. The number of nitrogens with two attached hydrogens (primary N) is 1. The van der Waals surface area contributed by atoms with E-state index in [-0.39, 0.29) is 0 Å². The number of thioether (sulfide) groups is 1. The maximum absolute atomic E-state index is 10.2. The van der Waals surface area contributed by atoms with Gasteiger partial charge in [0.25, 0.3) is 0 Å². The molecular formula is C5H12N2O4S2. The molecule has 0 aliphatic heterocycles. The molecule has 0 heterocycles. The SMILES string of the molecule is N[C@@H](CSCCNS(=O)O)C(=O)O. The van der Waals surface area contributed by atoms with Crippen LogP contribution in [0.1, 0.15) is 0 Å². The minimum absolute atomic E-state index is 0.301. The Morgan fingerprint density at radius 2 is 2.31 bits per heavy atom. The van der Waals surface area contributed by atoms with E-state index in [1.54, 1.807) is 0 Å². The molecule has 0 radical (unpaired) electrons. The molecule has 1 unspecified atom stereocenters. The number of nitrogens with one attached hydrogen (secondary N) is 1. The highest BCUT2D eigenvalue weighted by atomic mass is 32.2. The van der Waals surface area contributed by atoms with Gasteiger partial charge in [0.1, 0.15) is 6.04 Å². The average Bonchev–Trinajstić information content (AvgIpc) is 2.02. The highest BCUT2D eigenvalue weighted by Crippen LogP contribution is 2.00. The van der Waals surface area contributed by atoms with Crippen LogP contribution in [0.25, 0.3) is 0 Å². The van der Waals surface area contributed by atoms with Gasteiger partial charge in [-0.05, 0) is 0 Å². The molecule has 0 rings (SSSR count). The van der Waals surface area contributed by atoms with E-state index in [1.807, 2.05) is 0 Å². The van der Waals surface area contributed by atoms with E-state index in [4.69, 9.17) is 15.4 Å². The van der Waals surface area contributed by atoms with E-state index in [2.05, 4.69) is 4.72 Å². The normalized spacial score (nSPS) is 15.2. The molecule has 5 N–H and O–H groups in total. The molecule has 8 heteroatoms. The predicted molar refractivity (Wildman–Crippen MR) is 51.7 cm³/mol. The van der Waals surface area contributed by atoms with Crippen molar-refractivity contribution in [2.75, 3.05) is 18.1 Å². The van der Waals surface area contributed by atoms with Gasteiger partial charge in [0.05, 0.1) is 0 Å². The molecule has 0 aromatic rings. The standard InChI is InChI=1S/C5H12N2O4S2/c6-4(5(8)9)3-12-2-1-7-13(10)11/h4,7H,1-3,6H2,(H,8,9)(H,10,11)/t4-/m0/s1. The summed E-state index contributed by atoms with van der Waals surface area (Å²) >= 11 is -0.682. The lowest BCUT2D eigenvalue weighted by Crippen LogP contribution is -2.33. The maximum atomic E-state index is 10.2. The molecule has 2 atom stereocenters. The lowest BCUT2D eigenvalue weighted by atomic mass is 10.4. The van der Waals surface area contributed by atoms with Gasteiger partial charge in [-0.3, -0.25) is 9.35 Å². The maximum Gasteiger partial charge on any atom is 0.321 e. The lowest BCUT2D eigenvalue weighted by molar-refractivity contribution is -0.137. The van der Waals surface area contributed by atoms with Crippen molar-refractivity contribution in [3.05, 3.63) is 0 Å². The third kappa shape index (κ3) is 8.19. The average molecular weight is 228 g/mol. The molecule has 0 spiro atoms. The Balaban J connectivity index is 3.26. The number of hydrogen-bond donors (Lipinski definition) is 4. The molecule has 0 aliphatic carbocycles.